The van der Waals surface area contributed by atoms with Crippen LogP contribution in [0, 0.1) is 6.92 Å². The second-order valence-electron chi connectivity index (χ2n) is 5.08. The van der Waals surface area contributed by atoms with E-state index in [1.165, 1.54) is 13.8 Å². The highest BCUT2D eigenvalue weighted by molar-refractivity contribution is 7.16. The predicted octanol–water partition coefficient (Wildman–Crippen LogP) is 2.48. The van der Waals surface area contributed by atoms with Gasteiger partial charge >= 0.3 is 0 Å². The topological polar surface area (TPSA) is 87.6 Å². The fourth-order valence-electron chi connectivity index (χ4n) is 2.02. The van der Waals surface area contributed by atoms with Gasteiger partial charge in [0.2, 0.25) is 22.8 Å². The van der Waals surface area contributed by atoms with Crippen molar-refractivity contribution < 1.29 is 19.5 Å². The van der Waals surface area contributed by atoms with E-state index in [-0.39, 0.29) is 23.2 Å². The number of aromatic hydroxyl groups is 1. The van der Waals surface area contributed by atoms with E-state index in [4.69, 9.17) is 0 Å². The molecule has 2 rings (SSSR count). The molecule has 1 aromatic carbocycles. The Labute approximate surface area is 137 Å². The Balaban J connectivity index is 2.24. The zero-order valence-corrected chi connectivity index (χ0v) is 13.8. The highest BCUT2D eigenvalue weighted by Gasteiger charge is 2.23. The zero-order valence-electron chi connectivity index (χ0n) is 13.0. The van der Waals surface area contributed by atoms with Gasteiger partial charge in [0, 0.05) is 19.4 Å². The fraction of sp³-hybridized carbons (Fsp3) is 0.250. The molecule has 0 unspecified atom stereocenters. The summed E-state index contributed by atoms with van der Waals surface area (Å²) in [6, 6.07) is 7.10. The Kier molecular flexibility index (Phi) is 4.90. The summed E-state index contributed by atoms with van der Waals surface area (Å²) in [5.74, 6) is -1.50. The van der Waals surface area contributed by atoms with E-state index < -0.39 is 11.8 Å². The lowest BCUT2D eigenvalue weighted by atomic mass is 10.1. The molecule has 0 spiro atoms. The summed E-state index contributed by atoms with van der Waals surface area (Å²) in [4.78, 5) is 40.3. The molecule has 23 heavy (non-hydrogen) atoms. The Bertz CT molecular complexity index is 751. The first-order valence-corrected chi connectivity index (χ1v) is 7.71. The molecule has 6 nitrogen and oxygen atoms in total. The number of imide groups is 1. The average Bonchev–Trinajstić information content (AvgIpc) is 2.79. The van der Waals surface area contributed by atoms with E-state index in [9.17, 15) is 19.5 Å². The van der Waals surface area contributed by atoms with Gasteiger partial charge < -0.3 is 5.11 Å². The molecular weight excluding hydrogens is 316 g/mol. The molecule has 0 aliphatic rings. The second-order valence-corrected chi connectivity index (χ2v) is 6.14. The monoisotopic (exact) mass is 332 g/mol. The van der Waals surface area contributed by atoms with E-state index in [2.05, 4.69) is 4.98 Å². The van der Waals surface area contributed by atoms with Crippen molar-refractivity contribution in [1.29, 1.82) is 0 Å². The molecule has 0 fully saturated rings. The number of aryl methyl sites for hydroxylation is 1. The molecule has 1 aromatic heterocycles. The number of amides is 2. The first-order valence-electron chi connectivity index (χ1n) is 6.89. The van der Waals surface area contributed by atoms with Crippen molar-refractivity contribution in [2.24, 2.45) is 0 Å². The van der Waals surface area contributed by atoms with E-state index >= 15 is 0 Å². The van der Waals surface area contributed by atoms with Gasteiger partial charge in [-0.2, -0.15) is 4.98 Å². The molecular formula is C16H16N2O4S. The Morgan fingerprint density at radius 3 is 2.22 bits per heavy atom. The number of benzene rings is 1. The molecule has 0 bridgehead atoms. The third-order valence-electron chi connectivity index (χ3n) is 3.18. The lowest BCUT2D eigenvalue weighted by molar-refractivity contribution is -0.124. The van der Waals surface area contributed by atoms with Crippen molar-refractivity contribution in [3.05, 3.63) is 40.3 Å². The van der Waals surface area contributed by atoms with Gasteiger partial charge in [-0.25, -0.2) is 4.90 Å². The lowest BCUT2D eigenvalue weighted by Gasteiger charge is -2.12. The fourth-order valence-corrected chi connectivity index (χ4v) is 3.06. The van der Waals surface area contributed by atoms with Crippen LogP contribution in [0.15, 0.2) is 24.3 Å². The van der Waals surface area contributed by atoms with Crippen LogP contribution in [-0.2, 0) is 16.0 Å². The maximum Gasteiger partial charge on any atom is 0.232 e. The third-order valence-corrected chi connectivity index (χ3v) is 4.21. The van der Waals surface area contributed by atoms with Crippen LogP contribution in [0.25, 0.3) is 0 Å². The highest BCUT2D eigenvalue weighted by atomic mass is 32.1. The van der Waals surface area contributed by atoms with Crippen molar-refractivity contribution in [1.82, 2.24) is 4.98 Å². The highest BCUT2D eigenvalue weighted by Crippen LogP contribution is 2.32. The van der Waals surface area contributed by atoms with Gasteiger partial charge in [0.05, 0.1) is 11.3 Å². The van der Waals surface area contributed by atoms with Gasteiger partial charge in [-0.1, -0.05) is 41.2 Å². The van der Waals surface area contributed by atoms with Gasteiger partial charge in [0.15, 0.2) is 5.78 Å². The van der Waals surface area contributed by atoms with E-state index in [1.54, 1.807) is 12.1 Å². The number of thiazole rings is 1. The van der Waals surface area contributed by atoms with Crippen LogP contribution >= 0.6 is 11.3 Å². The number of hydrogen-bond acceptors (Lipinski definition) is 6. The van der Waals surface area contributed by atoms with E-state index in [1.807, 2.05) is 19.1 Å². The number of carbonyl (C=O) groups excluding carboxylic acids is 3. The lowest BCUT2D eigenvalue weighted by Crippen LogP contribution is -2.32. The van der Waals surface area contributed by atoms with Crippen molar-refractivity contribution in [2.75, 3.05) is 4.90 Å². The molecule has 0 aliphatic heterocycles. The number of rotatable bonds is 4. The maximum absolute atomic E-state index is 12.2. The first-order chi connectivity index (χ1) is 10.8. The van der Waals surface area contributed by atoms with Gasteiger partial charge in [0.25, 0.3) is 0 Å². The van der Waals surface area contributed by atoms with E-state index in [0.29, 0.717) is 10.4 Å². The summed E-state index contributed by atoms with van der Waals surface area (Å²) in [6.45, 7) is 4.39. The van der Waals surface area contributed by atoms with Crippen molar-refractivity contribution in [3.8, 4) is 5.88 Å². The quantitative estimate of drug-likeness (QED) is 0.869. The number of anilines is 1. The first kappa shape index (κ1) is 16.8. The van der Waals surface area contributed by atoms with E-state index in [0.717, 1.165) is 21.8 Å². The molecule has 0 aliphatic carbocycles. The summed E-state index contributed by atoms with van der Waals surface area (Å²) in [5, 5.41) is 9.95. The second kappa shape index (κ2) is 6.70. The van der Waals surface area contributed by atoms with Crippen LogP contribution in [-0.4, -0.2) is 27.7 Å². The smallest absolute Gasteiger partial charge is 0.232 e. The standard InChI is InChI=1S/C16H16N2O4S/c1-9-4-6-12(7-5-9)13(21)8-14-15(22)17-16(23-14)18(10(2)19)11(3)20/h4-7,22H,8H2,1-3H3. The average molecular weight is 332 g/mol. The summed E-state index contributed by atoms with van der Waals surface area (Å²) in [5.41, 5.74) is 1.57. The van der Waals surface area contributed by atoms with Crippen molar-refractivity contribution in [3.63, 3.8) is 0 Å². The molecule has 2 amide bonds. The van der Waals surface area contributed by atoms with Crippen LogP contribution in [0.4, 0.5) is 5.13 Å². The van der Waals surface area contributed by atoms with Crippen LogP contribution in [0.5, 0.6) is 5.88 Å². The SMILES string of the molecule is CC(=O)N(C(C)=O)c1nc(O)c(CC(=O)c2ccc(C)cc2)s1. The normalized spacial score (nSPS) is 10.4. The maximum atomic E-state index is 12.2. The van der Waals surface area contributed by atoms with Gasteiger partial charge in [-0.3, -0.25) is 14.4 Å². The van der Waals surface area contributed by atoms with Gasteiger partial charge in [-0.05, 0) is 6.92 Å². The minimum absolute atomic E-state index is 0.0454. The molecule has 0 saturated heterocycles. The molecule has 1 N–H and O–H groups in total. The zero-order chi connectivity index (χ0) is 17.1. The molecule has 0 radical (unpaired) electrons. The van der Waals surface area contributed by atoms with Crippen LogP contribution in [0.3, 0.4) is 0 Å². The van der Waals surface area contributed by atoms with Gasteiger partial charge in [0.1, 0.15) is 0 Å². The number of hydrogen-bond donors (Lipinski definition) is 1. The minimum Gasteiger partial charge on any atom is -0.492 e. The predicted molar refractivity (Wildman–Crippen MR) is 86.8 cm³/mol. The number of Topliss-reactive ketones (excluding diaryl/α,β-unsaturated/α-hetero) is 1. The number of carbonyl (C=O) groups is 3. The van der Waals surface area contributed by atoms with Crippen LogP contribution < -0.4 is 4.90 Å². The molecule has 120 valence electrons. The summed E-state index contributed by atoms with van der Waals surface area (Å²) in [7, 11) is 0. The van der Waals surface area contributed by atoms with Crippen LogP contribution in [0.2, 0.25) is 0 Å². The Morgan fingerprint density at radius 2 is 1.70 bits per heavy atom. The Hall–Kier alpha value is -2.54. The van der Waals surface area contributed by atoms with Crippen LogP contribution in [0.1, 0.15) is 34.6 Å². The molecule has 7 heteroatoms. The molecule has 1 heterocycles. The molecule has 2 aromatic rings. The summed E-state index contributed by atoms with van der Waals surface area (Å²) in [6.07, 6.45) is -0.0454. The molecule has 0 saturated carbocycles. The minimum atomic E-state index is -0.498. The van der Waals surface area contributed by atoms with Gasteiger partial charge in [-0.15, -0.1) is 0 Å². The Morgan fingerprint density at radius 1 is 1.13 bits per heavy atom. The summed E-state index contributed by atoms with van der Waals surface area (Å²) < 4.78 is 0. The number of aromatic nitrogens is 1. The number of nitrogens with zero attached hydrogens (tertiary/aromatic N) is 2. The van der Waals surface area contributed by atoms with Crippen molar-refractivity contribution >= 4 is 34.1 Å². The van der Waals surface area contributed by atoms with Crippen molar-refractivity contribution in [2.45, 2.75) is 27.2 Å². The third kappa shape index (κ3) is 3.81. The largest absolute Gasteiger partial charge is 0.492 e. The number of ketones is 1. The molecule has 0 atom stereocenters. The summed E-state index contributed by atoms with van der Waals surface area (Å²) >= 11 is 0.953.